The predicted octanol–water partition coefficient (Wildman–Crippen LogP) is 2.83. The van der Waals surface area contributed by atoms with Gasteiger partial charge < -0.3 is 20.1 Å². The molecule has 3 rings (SSSR count). The van der Waals surface area contributed by atoms with Gasteiger partial charge in [0.15, 0.2) is 0 Å². The maximum Gasteiger partial charge on any atom is 0.257 e. The SMILES string of the molecule is CO[C@H]1COCC[C@@H]1NC(=O)c1ccc(C)c(NC(=O)c2ccncc2Cl)c1. The molecule has 8 heteroatoms. The van der Waals surface area contributed by atoms with Gasteiger partial charge in [-0.1, -0.05) is 17.7 Å². The van der Waals surface area contributed by atoms with Crippen LogP contribution in [0.4, 0.5) is 5.69 Å². The van der Waals surface area contributed by atoms with Crippen molar-refractivity contribution in [1.82, 2.24) is 10.3 Å². The zero-order chi connectivity index (χ0) is 20.1. The Balaban J connectivity index is 1.74. The molecule has 28 heavy (non-hydrogen) atoms. The van der Waals surface area contributed by atoms with Gasteiger partial charge in [0, 0.05) is 37.4 Å². The minimum Gasteiger partial charge on any atom is -0.379 e. The average molecular weight is 404 g/mol. The van der Waals surface area contributed by atoms with Crippen molar-refractivity contribution in [3.05, 3.63) is 58.4 Å². The summed E-state index contributed by atoms with van der Waals surface area (Å²) in [6, 6.07) is 6.58. The van der Waals surface area contributed by atoms with Gasteiger partial charge in [-0.2, -0.15) is 0 Å². The zero-order valence-electron chi connectivity index (χ0n) is 15.7. The topological polar surface area (TPSA) is 89.5 Å². The van der Waals surface area contributed by atoms with Crippen molar-refractivity contribution >= 4 is 29.1 Å². The van der Waals surface area contributed by atoms with Crippen molar-refractivity contribution in [2.45, 2.75) is 25.5 Å². The van der Waals surface area contributed by atoms with E-state index in [2.05, 4.69) is 15.6 Å². The number of hydrogen-bond donors (Lipinski definition) is 2. The second-order valence-corrected chi connectivity index (χ2v) is 6.96. The van der Waals surface area contributed by atoms with E-state index in [1.165, 1.54) is 12.4 Å². The fourth-order valence-corrected chi connectivity index (χ4v) is 3.21. The van der Waals surface area contributed by atoms with Gasteiger partial charge in [0.1, 0.15) is 6.10 Å². The molecule has 7 nitrogen and oxygen atoms in total. The van der Waals surface area contributed by atoms with Gasteiger partial charge in [0.25, 0.3) is 11.8 Å². The molecule has 1 aromatic heterocycles. The number of hydrogen-bond acceptors (Lipinski definition) is 5. The van der Waals surface area contributed by atoms with Gasteiger partial charge >= 0.3 is 0 Å². The number of halogens is 1. The van der Waals surface area contributed by atoms with E-state index in [-0.39, 0.29) is 29.0 Å². The molecule has 1 aliphatic rings. The van der Waals surface area contributed by atoms with E-state index in [0.717, 1.165) is 5.56 Å². The van der Waals surface area contributed by atoms with Crippen LogP contribution >= 0.6 is 11.6 Å². The van der Waals surface area contributed by atoms with Crippen LogP contribution in [0.2, 0.25) is 5.02 Å². The molecule has 2 aromatic rings. The molecule has 1 saturated heterocycles. The number of anilines is 1. The molecule has 2 amide bonds. The number of methoxy groups -OCH3 is 1. The molecule has 2 atom stereocenters. The Kier molecular flexibility index (Phi) is 6.61. The van der Waals surface area contributed by atoms with Crippen molar-refractivity contribution in [3.63, 3.8) is 0 Å². The molecule has 0 unspecified atom stereocenters. The Morgan fingerprint density at radius 1 is 1.29 bits per heavy atom. The largest absolute Gasteiger partial charge is 0.379 e. The van der Waals surface area contributed by atoms with Crippen molar-refractivity contribution in [2.24, 2.45) is 0 Å². The summed E-state index contributed by atoms with van der Waals surface area (Å²) in [7, 11) is 1.60. The quantitative estimate of drug-likeness (QED) is 0.801. The number of benzene rings is 1. The lowest BCUT2D eigenvalue weighted by Gasteiger charge is -2.31. The minimum atomic E-state index is -0.364. The Bertz CT molecular complexity index is 874. The summed E-state index contributed by atoms with van der Waals surface area (Å²) < 4.78 is 10.8. The highest BCUT2D eigenvalue weighted by Gasteiger charge is 2.27. The number of aromatic nitrogens is 1. The lowest BCUT2D eigenvalue weighted by atomic mass is 10.0. The second-order valence-electron chi connectivity index (χ2n) is 6.56. The highest BCUT2D eigenvalue weighted by molar-refractivity contribution is 6.34. The van der Waals surface area contributed by atoms with E-state index in [0.29, 0.717) is 36.4 Å². The molecule has 148 valence electrons. The van der Waals surface area contributed by atoms with Crippen LogP contribution in [0.1, 0.15) is 32.7 Å². The molecule has 0 spiro atoms. The molecule has 0 bridgehead atoms. The number of amides is 2. The number of nitrogens with zero attached hydrogens (tertiary/aromatic N) is 1. The van der Waals surface area contributed by atoms with Crippen molar-refractivity contribution < 1.29 is 19.1 Å². The third-order valence-corrected chi connectivity index (χ3v) is 4.99. The molecular weight excluding hydrogens is 382 g/mol. The first-order valence-electron chi connectivity index (χ1n) is 8.92. The van der Waals surface area contributed by atoms with Gasteiger partial charge in [-0.25, -0.2) is 0 Å². The summed E-state index contributed by atoms with van der Waals surface area (Å²) in [5.41, 5.74) is 2.14. The van der Waals surface area contributed by atoms with Crippen molar-refractivity contribution in [3.8, 4) is 0 Å². The summed E-state index contributed by atoms with van der Waals surface area (Å²) in [6.45, 7) is 2.88. The zero-order valence-corrected chi connectivity index (χ0v) is 16.5. The molecule has 2 N–H and O–H groups in total. The second kappa shape index (κ2) is 9.14. The Morgan fingerprint density at radius 2 is 2.11 bits per heavy atom. The van der Waals surface area contributed by atoms with E-state index in [4.69, 9.17) is 21.1 Å². The molecular formula is C20H22ClN3O4. The maximum atomic E-state index is 12.7. The van der Waals surface area contributed by atoms with Crippen molar-refractivity contribution in [1.29, 1.82) is 0 Å². The summed E-state index contributed by atoms with van der Waals surface area (Å²) in [4.78, 5) is 29.1. The van der Waals surface area contributed by atoms with Gasteiger partial charge in [-0.3, -0.25) is 14.6 Å². The van der Waals surface area contributed by atoms with E-state index < -0.39 is 0 Å². The van der Waals surface area contributed by atoms with Crippen LogP contribution < -0.4 is 10.6 Å². The molecule has 1 aliphatic heterocycles. The van der Waals surface area contributed by atoms with Crippen LogP contribution in [0.15, 0.2) is 36.7 Å². The molecule has 0 saturated carbocycles. The highest BCUT2D eigenvalue weighted by Crippen LogP contribution is 2.21. The van der Waals surface area contributed by atoms with Crippen LogP contribution in [-0.2, 0) is 9.47 Å². The lowest BCUT2D eigenvalue weighted by Crippen LogP contribution is -2.49. The number of aryl methyl sites for hydroxylation is 1. The summed E-state index contributed by atoms with van der Waals surface area (Å²) in [5.74, 6) is -0.594. The first kappa shape index (κ1) is 20.3. The molecule has 2 heterocycles. The molecule has 1 aromatic carbocycles. The fraction of sp³-hybridized carbons (Fsp3) is 0.350. The van der Waals surface area contributed by atoms with E-state index in [1.54, 1.807) is 31.4 Å². The average Bonchev–Trinajstić information content (AvgIpc) is 2.70. The van der Waals surface area contributed by atoms with E-state index in [9.17, 15) is 9.59 Å². The normalized spacial score (nSPS) is 19.1. The number of rotatable bonds is 5. The van der Waals surface area contributed by atoms with Crippen LogP contribution in [-0.4, -0.2) is 49.3 Å². The van der Waals surface area contributed by atoms with Gasteiger partial charge in [0.2, 0.25) is 0 Å². The van der Waals surface area contributed by atoms with Gasteiger partial charge in [-0.15, -0.1) is 0 Å². The molecule has 0 aliphatic carbocycles. The fourth-order valence-electron chi connectivity index (χ4n) is 3.01. The summed E-state index contributed by atoms with van der Waals surface area (Å²) in [6.07, 6.45) is 3.40. The van der Waals surface area contributed by atoms with E-state index >= 15 is 0 Å². The summed E-state index contributed by atoms with van der Waals surface area (Å²) in [5, 5.41) is 6.06. The first-order valence-corrected chi connectivity index (χ1v) is 9.30. The maximum absolute atomic E-state index is 12.7. The smallest absolute Gasteiger partial charge is 0.257 e. The molecule has 1 fully saturated rings. The van der Waals surface area contributed by atoms with Crippen LogP contribution in [0.25, 0.3) is 0 Å². The van der Waals surface area contributed by atoms with Crippen LogP contribution in [0.3, 0.4) is 0 Å². The number of pyridine rings is 1. The first-order chi connectivity index (χ1) is 13.5. The Morgan fingerprint density at radius 3 is 2.86 bits per heavy atom. The standard InChI is InChI=1S/C20H22ClN3O4/c1-12-3-4-13(19(25)23-16-6-8-28-11-18(16)27-2)9-17(12)24-20(26)14-5-7-22-10-15(14)21/h3-5,7,9-10,16,18H,6,8,11H2,1-2H3,(H,23,25)(H,24,26)/t16-,18-/m0/s1. The van der Waals surface area contributed by atoms with E-state index in [1.807, 2.05) is 6.92 Å². The van der Waals surface area contributed by atoms with Crippen molar-refractivity contribution in [2.75, 3.05) is 25.6 Å². The van der Waals surface area contributed by atoms with Gasteiger partial charge in [-0.05, 0) is 37.1 Å². The third kappa shape index (κ3) is 4.67. The summed E-state index contributed by atoms with van der Waals surface area (Å²) >= 11 is 6.03. The lowest BCUT2D eigenvalue weighted by molar-refractivity contribution is -0.0479. The number of carbonyl (C=O) groups excluding carboxylic acids is 2. The number of nitrogens with one attached hydrogen (secondary N) is 2. The Labute approximate surface area is 168 Å². The van der Waals surface area contributed by atoms with Crippen LogP contribution in [0, 0.1) is 6.92 Å². The minimum absolute atomic E-state index is 0.124. The highest BCUT2D eigenvalue weighted by atomic mass is 35.5. The molecule has 0 radical (unpaired) electrons. The number of ether oxygens (including phenoxy) is 2. The Hall–Kier alpha value is -2.48. The predicted molar refractivity (Wildman–Crippen MR) is 106 cm³/mol. The van der Waals surface area contributed by atoms with Crippen LogP contribution in [0.5, 0.6) is 0 Å². The monoisotopic (exact) mass is 403 g/mol. The number of carbonyl (C=O) groups is 2. The third-order valence-electron chi connectivity index (χ3n) is 4.69. The van der Waals surface area contributed by atoms with Gasteiger partial charge in [0.05, 0.1) is 23.2 Å².